The maximum Gasteiger partial charge on any atom is 0.472 e. The van der Waals surface area contributed by atoms with Gasteiger partial charge in [0.2, 0.25) is 0 Å². The van der Waals surface area contributed by atoms with E-state index in [4.69, 9.17) is 37.0 Å². The summed E-state index contributed by atoms with van der Waals surface area (Å²) in [5.74, 6) is 0.978. The lowest BCUT2D eigenvalue weighted by atomic mass is 10.00. The van der Waals surface area contributed by atoms with Crippen molar-refractivity contribution in [3.63, 3.8) is 0 Å². The van der Waals surface area contributed by atoms with Gasteiger partial charge in [-0.25, -0.2) is 9.13 Å². The summed E-state index contributed by atoms with van der Waals surface area (Å²) in [6.45, 7) is 14.2. The molecule has 0 amide bonds. The van der Waals surface area contributed by atoms with Crippen molar-refractivity contribution in [1.82, 2.24) is 0 Å². The van der Waals surface area contributed by atoms with Crippen LogP contribution in [0, 0.1) is 23.7 Å². The molecule has 0 saturated heterocycles. The van der Waals surface area contributed by atoms with Gasteiger partial charge in [0, 0.05) is 25.7 Å². The van der Waals surface area contributed by atoms with Gasteiger partial charge in [-0.2, -0.15) is 0 Å². The van der Waals surface area contributed by atoms with Gasteiger partial charge < -0.3 is 33.8 Å². The third kappa shape index (κ3) is 73.0. The minimum absolute atomic E-state index is 0.107. The number of hydrogen-bond acceptors (Lipinski definition) is 15. The van der Waals surface area contributed by atoms with Crippen LogP contribution < -0.4 is 0 Å². The molecule has 0 aliphatic rings. The van der Waals surface area contributed by atoms with Crippen LogP contribution in [0.2, 0.25) is 0 Å². The Kier molecular flexibility index (Phi) is 68.7. The lowest BCUT2D eigenvalue weighted by Gasteiger charge is -2.21. The molecule has 0 fully saturated rings. The number of carbonyl (C=O) groups excluding carboxylic acids is 4. The Morgan fingerprint density at radius 1 is 0.280 bits per heavy atom. The van der Waals surface area contributed by atoms with Gasteiger partial charge in [-0.05, 0) is 49.4 Å². The molecule has 19 heteroatoms. The Morgan fingerprint density at radius 2 is 0.480 bits per heavy atom. The van der Waals surface area contributed by atoms with E-state index in [0.29, 0.717) is 25.7 Å². The van der Waals surface area contributed by atoms with Gasteiger partial charge in [0.15, 0.2) is 12.2 Å². The Hall–Kier alpha value is -1.94. The van der Waals surface area contributed by atoms with Crippen LogP contribution in [0.1, 0.15) is 415 Å². The number of carbonyl (C=O) groups is 4. The van der Waals surface area contributed by atoms with Crippen molar-refractivity contribution >= 4 is 39.5 Å². The minimum Gasteiger partial charge on any atom is -0.462 e. The predicted molar refractivity (Wildman–Crippen MR) is 409 cm³/mol. The van der Waals surface area contributed by atoms with Crippen LogP contribution in [-0.2, 0) is 65.4 Å². The van der Waals surface area contributed by atoms with E-state index in [1.54, 1.807) is 0 Å². The van der Waals surface area contributed by atoms with E-state index >= 15 is 0 Å². The van der Waals surface area contributed by atoms with Crippen LogP contribution in [0.5, 0.6) is 0 Å². The van der Waals surface area contributed by atoms with E-state index in [0.717, 1.165) is 120 Å². The highest BCUT2D eigenvalue weighted by Crippen LogP contribution is 2.45. The quantitative estimate of drug-likeness (QED) is 0.0222. The molecule has 0 aliphatic carbocycles. The van der Waals surface area contributed by atoms with Crippen LogP contribution in [0.15, 0.2) is 0 Å². The Balaban J connectivity index is 5.21. The fourth-order valence-corrected chi connectivity index (χ4v) is 14.0. The molecule has 0 bridgehead atoms. The summed E-state index contributed by atoms with van der Waals surface area (Å²) >= 11 is 0. The highest BCUT2D eigenvalue weighted by atomic mass is 31.2. The SMILES string of the molecule is CCC(C)CCCCCCCCC(=O)OC[C@H](COP(=O)(O)OC[C@H](O)COP(=O)(O)OC[C@@H](COC(=O)CCCCCCCCCCCC(C)C)OC(=O)CCCCCCCCCCCCCCCCCCC(C)C)OC(=O)CCCCCCCCCCCCCCCCCCC(C)C. The fourth-order valence-electron chi connectivity index (χ4n) is 12.4. The first-order chi connectivity index (χ1) is 48.1. The number of aliphatic hydroxyl groups is 1. The molecule has 3 unspecified atom stereocenters. The second-order valence-electron chi connectivity index (χ2n) is 30.8. The van der Waals surface area contributed by atoms with Crippen LogP contribution >= 0.6 is 15.6 Å². The van der Waals surface area contributed by atoms with Crippen LogP contribution in [0.25, 0.3) is 0 Å². The molecule has 0 heterocycles. The van der Waals surface area contributed by atoms with Gasteiger partial charge in [-0.1, -0.05) is 364 Å². The largest absolute Gasteiger partial charge is 0.472 e. The van der Waals surface area contributed by atoms with E-state index in [2.05, 4.69) is 55.4 Å². The van der Waals surface area contributed by atoms with Crippen molar-refractivity contribution < 1.29 is 80.2 Å². The summed E-state index contributed by atoms with van der Waals surface area (Å²) in [6.07, 6.45) is 57.0. The Morgan fingerprint density at radius 3 is 0.710 bits per heavy atom. The van der Waals surface area contributed by atoms with Gasteiger partial charge in [-0.15, -0.1) is 0 Å². The highest BCUT2D eigenvalue weighted by Gasteiger charge is 2.30. The average molecular weight is 1470 g/mol. The zero-order valence-electron chi connectivity index (χ0n) is 65.8. The number of esters is 4. The smallest absolute Gasteiger partial charge is 0.462 e. The number of aliphatic hydroxyl groups excluding tert-OH is 1. The number of unbranched alkanes of at least 4 members (excludes halogenated alkanes) is 43. The Bertz CT molecular complexity index is 1960. The molecule has 0 rings (SSSR count). The lowest BCUT2D eigenvalue weighted by molar-refractivity contribution is -0.161. The molecule has 6 atom stereocenters. The van der Waals surface area contributed by atoms with Crippen molar-refractivity contribution in [2.45, 2.75) is 433 Å². The van der Waals surface area contributed by atoms with Gasteiger partial charge in [0.25, 0.3) is 0 Å². The molecule has 0 aromatic carbocycles. The molecule has 0 aromatic heterocycles. The number of rotatable bonds is 78. The summed E-state index contributed by atoms with van der Waals surface area (Å²) in [5.41, 5.74) is 0. The normalized spacial score (nSPS) is 14.3. The summed E-state index contributed by atoms with van der Waals surface area (Å²) < 4.78 is 68.7. The molecule has 100 heavy (non-hydrogen) atoms. The molecule has 17 nitrogen and oxygen atoms in total. The third-order valence-corrected chi connectivity index (χ3v) is 21.1. The number of ether oxygens (including phenoxy) is 4. The monoisotopic (exact) mass is 1470 g/mol. The third-order valence-electron chi connectivity index (χ3n) is 19.2. The minimum atomic E-state index is -4.96. The van der Waals surface area contributed by atoms with Crippen molar-refractivity contribution in [3.05, 3.63) is 0 Å². The predicted octanol–water partition coefficient (Wildman–Crippen LogP) is 24.0. The van der Waals surface area contributed by atoms with E-state index in [1.165, 1.54) is 212 Å². The Labute approximate surface area is 613 Å². The number of phosphoric ester groups is 2. The first-order valence-electron chi connectivity index (χ1n) is 41.7. The van der Waals surface area contributed by atoms with Gasteiger partial charge >= 0.3 is 39.5 Å². The van der Waals surface area contributed by atoms with Gasteiger partial charge in [0.1, 0.15) is 19.3 Å². The average Bonchev–Trinajstić information content (AvgIpc) is 0.909. The zero-order valence-corrected chi connectivity index (χ0v) is 67.6. The topological polar surface area (TPSA) is 237 Å². The first kappa shape index (κ1) is 98.1. The second-order valence-corrected chi connectivity index (χ2v) is 33.7. The lowest BCUT2D eigenvalue weighted by Crippen LogP contribution is -2.30. The molecule has 0 aromatic rings. The van der Waals surface area contributed by atoms with Crippen molar-refractivity contribution in [3.8, 4) is 0 Å². The second kappa shape index (κ2) is 70.1. The number of phosphoric acid groups is 2. The molecule has 0 radical (unpaired) electrons. The van der Waals surface area contributed by atoms with Gasteiger partial charge in [0.05, 0.1) is 26.4 Å². The molecule has 594 valence electrons. The fraction of sp³-hybridized carbons (Fsp3) is 0.951. The summed E-state index contributed by atoms with van der Waals surface area (Å²) in [7, 11) is -9.92. The highest BCUT2D eigenvalue weighted by molar-refractivity contribution is 7.47. The maximum absolute atomic E-state index is 13.1. The maximum atomic E-state index is 13.1. The van der Waals surface area contributed by atoms with E-state index < -0.39 is 97.5 Å². The number of hydrogen-bond donors (Lipinski definition) is 3. The van der Waals surface area contributed by atoms with E-state index in [-0.39, 0.29) is 25.7 Å². The van der Waals surface area contributed by atoms with Crippen molar-refractivity contribution in [2.75, 3.05) is 39.6 Å². The summed E-state index contributed by atoms with van der Waals surface area (Å²) in [5, 5.41) is 10.6. The first-order valence-corrected chi connectivity index (χ1v) is 44.7. The standard InChI is InChI=1S/C81H158O17P2/c1-9-74(8)60-52-44-39-40-46-54-62-79(84)92-68-77(98-81(86)64-56-48-38-31-25-21-17-13-11-15-19-23-28-34-42-50-58-72(4)5)70-96-100(89,90)94-66-75(82)65-93-99(87,88)95-69-76(67-91-78(83)61-53-45-36-32-26-29-35-43-51-59-73(6)7)97-80(85)63-55-47-37-30-24-20-16-12-10-14-18-22-27-33-41-49-57-71(2)3/h71-77,82H,9-70H2,1-8H3,(H,87,88)(H,89,90)/t74?,75-,76-,77-/m1/s1. The van der Waals surface area contributed by atoms with Gasteiger partial charge in [-0.3, -0.25) is 37.3 Å². The van der Waals surface area contributed by atoms with Crippen molar-refractivity contribution in [1.29, 1.82) is 0 Å². The molecular formula is C81H158O17P2. The summed E-state index contributed by atoms with van der Waals surface area (Å²) in [4.78, 5) is 73.0. The molecular weight excluding hydrogens is 1310 g/mol. The molecule has 0 spiro atoms. The van der Waals surface area contributed by atoms with E-state index in [1.807, 2.05) is 0 Å². The molecule has 0 aliphatic heterocycles. The summed E-state index contributed by atoms with van der Waals surface area (Å²) in [6, 6.07) is 0. The van der Waals surface area contributed by atoms with Crippen LogP contribution in [-0.4, -0.2) is 96.7 Å². The molecule has 0 saturated carbocycles. The zero-order chi connectivity index (χ0) is 73.8. The van der Waals surface area contributed by atoms with E-state index in [9.17, 15) is 43.2 Å². The van der Waals surface area contributed by atoms with Crippen LogP contribution in [0.3, 0.4) is 0 Å². The van der Waals surface area contributed by atoms with Crippen LogP contribution in [0.4, 0.5) is 0 Å². The van der Waals surface area contributed by atoms with Crippen molar-refractivity contribution in [2.24, 2.45) is 23.7 Å². The molecule has 3 N–H and O–H groups in total.